The number of halogens is 2. The molecule has 0 aliphatic rings. The quantitative estimate of drug-likeness (QED) is 0.323. The van der Waals surface area contributed by atoms with Crippen LogP contribution in [0.2, 0.25) is 5.02 Å². The Labute approximate surface area is 220 Å². The molecule has 1 N–H and O–H groups in total. The van der Waals surface area contributed by atoms with Crippen LogP contribution in [0.25, 0.3) is 0 Å². The molecule has 3 aromatic rings. The standard InChI is InChI=1S/C28H30BrClN2O3/c1-3-20-13-14-26(24(29)16-20)35-19-27(33)32(18-22-11-8-12-23(30)15-22)25(28(34)31-4-2)17-21-9-6-5-7-10-21/h5-16,25H,3-4,17-19H2,1-2H3,(H,31,34). The number of amides is 2. The molecule has 2 amide bonds. The van der Waals surface area contributed by atoms with Gasteiger partial charge in [-0.15, -0.1) is 0 Å². The maximum atomic E-state index is 13.6. The molecule has 1 unspecified atom stereocenters. The molecule has 7 heteroatoms. The lowest BCUT2D eigenvalue weighted by atomic mass is 10.0. The van der Waals surface area contributed by atoms with E-state index in [0.29, 0.717) is 23.7 Å². The number of rotatable bonds is 11. The predicted octanol–water partition coefficient (Wildman–Crippen LogP) is 5.82. The number of hydrogen-bond donors (Lipinski definition) is 1. The summed E-state index contributed by atoms with van der Waals surface area (Å²) in [5.74, 6) is 0.0831. The van der Waals surface area contributed by atoms with E-state index in [0.717, 1.165) is 27.6 Å². The van der Waals surface area contributed by atoms with Gasteiger partial charge in [0.15, 0.2) is 6.61 Å². The van der Waals surface area contributed by atoms with Crippen molar-refractivity contribution in [1.82, 2.24) is 10.2 Å². The number of ether oxygens (including phenoxy) is 1. The summed E-state index contributed by atoms with van der Waals surface area (Å²) < 4.78 is 6.67. The first-order valence-electron chi connectivity index (χ1n) is 11.7. The van der Waals surface area contributed by atoms with E-state index in [-0.39, 0.29) is 25.0 Å². The molecule has 3 rings (SSSR count). The molecule has 0 aliphatic carbocycles. The molecule has 0 fully saturated rings. The van der Waals surface area contributed by atoms with Crippen molar-refractivity contribution in [3.8, 4) is 5.75 Å². The number of carbonyl (C=O) groups is 2. The van der Waals surface area contributed by atoms with E-state index in [9.17, 15) is 9.59 Å². The molecule has 1 atom stereocenters. The first-order valence-corrected chi connectivity index (χ1v) is 12.8. The fourth-order valence-corrected chi connectivity index (χ4v) is 4.54. The molecule has 0 saturated carbocycles. The zero-order valence-electron chi connectivity index (χ0n) is 20.0. The summed E-state index contributed by atoms with van der Waals surface area (Å²) in [6.45, 7) is 4.44. The van der Waals surface area contributed by atoms with Gasteiger partial charge >= 0.3 is 0 Å². The van der Waals surface area contributed by atoms with E-state index in [4.69, 9.17) is 16.3 Å². The van der Waals surface area contributed by atoms with Crippen LogP contribution in [0.4, 0.5) is 0 Å². The first kappa shape index (κ1) is 26.8. The molecule has 3 aromatic carbocycles. The van der Waals surface area contributed by atoms with Crippen LogP contribution in [0.3, 0.4) is 0 Å². The summed E-state index contributed by atoms with van der Waals surface area (Å²) in [4.78, 5) is 28.3. The number of aryl methyl sites for hydroxylation is 1. The van der Waals surface area contributed by atoms with E-state index >= 15 is 0 Å². The average molecular weight is 558 g/mol. The van der Waals surface area contributed by atoms with Crippen LogP contribution >= 0.6 is 27.5 Å². The molecule has 5 nitrogen and oxygen atoms in total. The van der Waals surface area contributed by atoms with Crippen molar-refractivity contribution in [2.75, 3.05) is 13.2 Å². The maximum absolute atomic E-state index is 13.6. The van der Waals surface area contributed by atoms with Gasteiger partial charge in [-0.3, -0.25) is 9.59 Å². The van der Waals surface area contributed by atoms with Crippen molar-refractivity contribution in [2.24, 2.45) is 0 Å². The molecule has 0 saturated heterocycles. The second kappa shape index (κ2) is 13.3. The van der Waals surface area contributed by atoms with E-state index < -0.39 is 6.04 Å². The van der Waals surface area contributed by atoms with Crippen molar-refractivity contribution < 1.29 is 14.3 Å². The third-order valence-corrected chi connectivity index (χ3v) is 6.47. The lowest BCUT2D eigenvalue weighted by Gasteiger charge is -2.31. The Morgan fingerprint density at radius 2 is 1.71 bits per heavy atom. The van der Waals surface area contributed by atoms with Gasteiger partial charge in [0, 0.05) is 24.5 Å². The van der Waals surface area contributed by atoms with Gasteiger partial charge in [0.2, 0.25) is 5.91 Å². The number of nitrogens with zero attached hydrogens (tertiary/aromatic N) is 1. The van der Waals surface area contributed by atoms with Gasteiger partial charge in [0.25, 0.3) is 5.91 Å². The monoisotopic (exact) mass is 556 g/mol. The Morgan fingerprint density at radius 3 is 2.37 bits per heavy atom. The zero-order valence-corrected chi connectivity index (χ0v) is 22.3. The van der Waals surface area contributed by atoms with Gasteiger partial charge in [0.1, 0.15) is 11.8 Å². The van der Waals surface area contributed by atoms with Crippen LogP contribution in [0.5, 0.6) is 5.75 Å². The minimum Gasteiger partial charge on any atom is -0.483 e. The van der Waals surface area contributed by atoms with Crippen LogP contribution in [-0.4, -0.2) is 35.9 Å². The van der Waals surface area contributed by atoms with Crippen molar-refractivity contribution in [3.63, 3.8) is 0 Å². The number of carbonyl (C=O) groups excluding carboxylic acids is 2. The highest BCUT2D eigenvalue weighted by molar-refractivity contribution is 9.10. The molecule has 0 heterocycles. The Morgan fingerprint density at radius 1 is 0.971 bits per heavy atom. The van der Waals surface area contributed by atoms with Gasteiger partial charge in [-0.05, 0) is 70.2 Å². The number of nitrogens with one attached hydrogen (secondary N) is 1. The second-order valence-electron chi connectivity index (χ2n) is 8.16. The van der Waals surface area contributed by atoms with Crippen molar-refractivity contribution in [2.45, 2.75) is 39.3 Å². The highest BCUT2D eigenvalue weighted by Crippen LogP contribution is 2.26. The normalized spacial score (nSPS) is 11.5. The predicted molar refractivity (Wildman–Crippen MR) is 144 cm³/mol. The molecule has 0 spiro atoms. The molecular weight excluding hydrogens is 528 g/mol. The van der Waals surface area contributed by atoms with Gasteiger partial charge in [0.05, 0.1) is 4.47 Å². The largest absolute Gasteiger partial charge is 0.483 e. The smallest absolute Gasteiger partial charge is 0.261 e. The SMILES string of the molecule is CCNC(=O)C(Cc1ccccc1)N(Cc1cccc(Cl)c1)C(=O)COc1ccc(CC)cc1Br. The molecule has 35 heavy (non-hydrogen) atoms. The highest BCUT2D eigenvalue weighted by Gasteiger charge is 2.30. The number of benzene rings is 3. The van der Waals surface area contributed by atoms with Gasteiger partial charge < -0.3 is 15.0 Å². The van der Waals surface area contributed by atoms with Crippen molar-refractivity contribution >= 4 is 39.3 Å². The van der Waals surface area contributed by atoms with Crippen LogP contribution in [0, 0.1) is 0 Å². The lowest BCUT2D eigenvalue weighted by Crippen LogP contribution is -2.51. The summed E-state index contributed by atoms with van der Waals surface area (Å²) in [5.41, 5.74) is 2.96. The molecule has 0 radical (unpaired) electrons. The Bertz CT molecular complexity index is 1140. The van der Waals surface area contributed by atoms with Gasteiger partial charge in [-0.2, -0.15) is 0 Å². The maximum Gasteiger partial charge on any atom is 0.261 e. The van der Waals surface area contributed by atoms with Gasteiger partial charge in [-0.1, -0.05) is 67.1 Å². The topological polar surface area (TPSA) is 58.6 Å². The van der Waals surface area contributed by atoms with E-state index in [1.807, 2.05) is 67.6 Å². The molecular formula is C28H30BrClN2O3. The third-order valence-electron chi connectivity index (χ3n) is 5.62. The number of hydrogen-bond acceptors (Lipinski definition) is 3. The summed E-state index contributed by atoms with van der Waals surface area (Å²) >= 11 is 9.73. The fraction of sp³-hybridized carbons (Fsp3) is 0.286. The van der Waals surface area contributed by atoms with Crippen molar-refractivity contribution in [1.29, 1.82) is 0 Å². The Balaban J connectivity index is 1.89. The third kappa shape index (κ3) is 7.84. The summed E-state index contributed by atoms with van der Waals surface area (Å²) in [6, 6.07) is 22.1. The number of likely N-dealkylation sites (N-methyl/N-ethyl adjacent to an activating group) is 1. The minimum absolute atomic E-state index is 0.199. The Kier molecular flexibility index (Phi) is 10.2. The minimum atomic E-state index is -0.710. The van der Waals surface area contributed by atoms with Crippen LogP contribution < -0.4 is 10.1 Å². The fourth-order valence-electron chi connectivity index (χ4n) is 3.78. The Hall–Kier alpha value is -2.83. The molecule has 184 valence electrons. The van der Waals surface area contributed by atoms with Crippen LogP contribution in [0.15, 0.2) is 77.3 Å². The highest BCUT2D eigenvalue weighted by atomic mass is 79.9. The molecule has 0 aliphatic heterocycles. The molecule has 0 bridgehead atoms. The van der Waals surface area contributed by atoms with Crippen LogP contribution in [0.1, 0.15) is 30.5 Å². The van der Waals surface area contributed by atoms with Crippen molar-refractivity contribution in [3.05, 3.63) is 99.0 Å². The summed E-state index contributed by atoms with van der Waals surface area (Å²) in [6.07, 6.45) is 1.28. The first-order chi connectivity index (χ1) is 16.9. The van der Waals surface area contributed by atoms with E-state index in [1.54, 1.807) is 17.0 Å². The zero-order chi connectivity index (χ0) is 25.2. The lowest BCUT2D eigenvalue weighted by molar-refractivity contribution is -0.142. The summed E-state index contributed by atoms with van der Waals surface area (Å²) in [7, 11) is 0. The second-order valence-corrected chi connectivity index (χ2v) is 9.45. The molecule has 0 aromatic heterocycles. The average Bonchev–Trinajstić information content (AvgIpc) is 2.86. The van der Waals surface area contributed by atoms with E-state index in [2.05, 4.69) is 28.2 Å². The van der Waals surface area contributed by atoms with E-state index in [1.165, 1.54) is 0 Å². The van der Waals surface area contributed by atoms with Gasteiger partial charge in [-0.25, -0.2) is 0 Å². The van der Waals surface area contributed by atoms with Crippen LogP contribution in [-0.2, 0) is 29.0 Å². The summed E-state index contributed by atoms with van der Waals surface area (Å²) in [5, 5.41) is 3.46.